The lowest BCUT2D eigenvalue weighted by molar-refractivity contribution is 0.0938. The number of nitrogens with zero attached hydrogens (tertiary/aromatic N) is 3. The first kappa shape index (κ1) is 18.4. The van der Waals surface area contributed by atoms with Crippen LogP contribution in [0.25, 0.3) is 11.0 Å². The third-order valence-corrected chi connectivity index (χ3v) is 4.93. The van der Waals surface area contributed by atoms with Gasteiger partial charge in [-0.15, -0.1) is 0 Å². The SMILES string of the molecule is Cc1cc(=O)oc2cc(CN3CCn4nc(C(=O)NCCO)cc4C3)ccc12. The second-order valence-electron chi connectivity index (χ2n) is 7.01. The van der Waals surface area contributed by atoms with Crippen LogP contribution in [-0.2, 0) is 19.6 Å². The van der Waals surface area contributed by atoms with Crippen LogP contribution in [0.5, 0.6) is 0 Å². The molecule has 0 saturated carbocycles. The number of fused-ring (bicyclic) bond motifs is 2. The van der Waals surface area contributed by atoms with Crippen LogP contribution in [0.15, 0.2) is 39.5 Å². The van der Waals surface area contributed by atoms with E-state index >= 15 is 0 Å². The van der Waals surface area contributed by atoms with Crippen LogP contribution in [0.3, 0.4) is 0 Å². The number of aryl methyl sites for hydroxylation is 1. The van der Waals surface area contributed by atoms with E-state index < -0.39 is 0 Å². The Hall–Kier alpha value is -2.97. The van der Waals surface area contributed by atoms with Crippen LogP contribution < -0.4 is 10.9 Å². The van der Waals surface area contributed by atoms with E-state index in [1.165, 1.54) is 6.07 Å². The highest BCUT2D eigenvalue weighted by atomic mass is 16.4. The van der Waals surface area contributed by atoms with Gasteiger partial charge in [0, 0.05) is 37.6 Å². The van der Waals surface area contributed by atoms with E-state index in [1.54, 1.807) is 6.07 Å². The summed E-state index contributed by atoms with van der Waals surface area (Å²) in [4.78, 5) is 25.9. The number of benzene rings is 1. The van der Waals surface area contributed by atoms with Gasteiger partial charge in [0.1, 0.15) is 11.3 Å². The van der Waals surface area contributed by atoms with Crippen molar-refractivity contribution in [2.75, 3.05) is 19.7 Å². The number of nitrogens with one attached hydrogen (secondary N) is 1. The Kier molecular flexibility index (Phi) is 4.97. The summed E-state index contributed by atoms with van der Waals surface area (Å²) in [5, 5.41) is 16.7. The fraction of sp³-hybridized carbons (Fsp3) is 0.350. The number of rotatable bonds is 5. The second-order valence-corrected chi connectivity index (χ2v) is 7.01. The van der Waals surface area contributed by atoms with Gasteiger partial charge in [-0.3, -0.25) is 14.4 Å². The first-order chi connectivity index (χ1) is 13.5. The van der Waals surface area contributed by atoms with Crippen LogP contribution in [0.1, 0.15) is 27.3 Å². The van der Waals surface area contributed by atoms with E-state index in [9.17, 15) is 9.59 Å². The Labute approximate surface area is 161 Å². The van der Waals surface area contributed by atoms with Gasteiger partial charge in [0.2, 0.25) is 0 Å². The molecule has 0 saturated heterocycles. The van der Waals surface area contributed by atoms with Gasteiger partial charge in [-0.25, -0.2) is 4.79 Å². The Bertz CT molecular complexity index is 1090. The lowest BCUT2D eigenvalue weighted by Gasteiger charge is -2.27. The fourth-order valence-corrected chi connectivity index (χ4v) is 3.55. The van der Waals surface area contributed by atoms with E-state index in [-0.39, 0.29) is 24.7 Å². The second kappa shape index (κ2) is 7.57. The molecule has 0 fully saturated rings. The summed E-state index contributed by atoms with van der Waals surface area (Å²) in [7, 11) is 0. The third-order valence-electron chi connectivity index (χ3n) is 4.93. The average Bonchev–Trinajstić information content (AvgIpc) is 3.09. The summed E-state index contributed by atoms with van der Waals surface area (Å²) in [5.41, 5.74) is 3.59. The topological polar surface area (TPSA) is 101 Å². The Morgan fingerprint density at radius 2 is 2.14 bits per heavy atom. The van der Waals surface area contributed by atoms with Gasteiger partial charge in [0.15, 0.2) is 0 Å². The maximum Gasteiger partial charge on any atom is 0.336 e. The molecule has 28 heavy (non-hydrogen) atoms. The number of aliphatic hydroxyl groups is 1. The maximum atomic E-state index is 12.0. The minimum atomic E-state index is -0.337. The van der Waals surface area contributed by atoms with Gasteiger partial charge in [-0.1, -0.05) is 12.1 Å². The highest BCUT2D eigenvalue weighted by Crippen LogP contribution is 2.21. The van der Waals surface area contributed by atoms with Crippen LogP contribution in [0, 0.1) is 6.92 Å². The van der Waals surface area contributed by atoms with E-state index in [1.807, 2.05) is 23.7 Å². The monoisotopic (exact) mass is 382 g/mol. The van der Waals surface area contributed by atoms with Crippen molar-refractivity contribution in [1.29, 1.82) is 0 Å². The molecule has 0 spiro atoms. The quantitative estimate of drug-likeness (QED) is 0.640. The molecule has 2 N–H and O–H groups in total. The molecule has 146 valence electrons. The van der Waals surface area contributed by atoms with Crippen molar-refractivity contribution < 1.29 is 14.3 Å². The van der Waals surface area contributed by atoms with Crippen LogP contribution in [0.4, 0.5) is 0 Å². The van der Waals surface area contributed by atoms with Gasteiger partial charge >= 0.3 is 5.63 Å². The highest BCUT2D eigenvalue weighted by Gasteiger charge is 2.21. The third kappa shape index (κ3) is 3.69. The molecule has 1 aliphatic heterocycles. The number of amides is 1. The standard InChI is InChI=1S/C20H22N4O4/c1-13-8-19(26)28-18-9-14(2-3-16(13)18)11-23-5-6-24-15(12-23)10-17(22-24)20(27)21-4-7-25/h2-3,8-10,25H,4-7,11-12H2,1H3,(H,21,27). The summed E-state index contributed by atoms with van der Waals surface area (Å²) in [6.45, 7) is 4.91. The molecule has 3 heterocycles. The number of hydrogen-bond acceptors (Lipinski definition) is 6. The summed E-state index contributed by atoms with van der Waals surface area (Å²) >= 11 is 0. The molecule has 1 amide bonds. The van der Waals surface area contributed by atoms with E-state index in [0.717, 1.165) is 28.8 Å². The number of carbonyl (C=O) groups excluding carboxylic acids is 1. The largest absolute Gasteiger partial charge is 0.423 e. The van der Waals surface area contributed by atoms with Gasteiger partial charge < -0.3 is 14.8 Å². The average molecular weight is 382 g/mol. The van der Waals surface area contributed by atoms with Crippen molar-refractivity contribution in [2.45, 2.75) is 26.6 Å². The summed E-state index contributed by atoms with van der Waals surface area (Å²) < 4.78 is 7.19. The molecule has 0 radical (unpaired) electrons. The number of hydrogen-bond donors (Lipinski definition) is 2. The van der Waals surface area contributed by atoms with Crippen LogP contribution >= 0.6 is 0 Å². The molecule has 0 bridgehead atoms. The van der Waals surface area contributed by atoms with Crippen molar-refractivity contribution in [1.82, 2.24) is 20.0 Å². The van der Waals surface area contributed by atoms with Crippen molar-refractivity contribution in [3.05, 3.63) is 63.3 Å². The lowest BCUT2D eigenvalue weighted by atomic mass is 10.1. The van der Waals surface area contributed by atoms with Crippen LogP contribution in [-0.4, -0.2) is 45.4 Å². The van der Waals surface area contributed by atoms with Crippen molar-refractivity contribution >= 4 is 16.9 Å². The molecule has 8 nitrogen and oxygen atoms in total. The zero-order valence-corrected chi connectivity index (χ0v) is 15.6. The minimum Gasteiger partial charge on any atom is -0.423 e. The predicted octanol–water partition coefficient (Wildman–Crippen LogP) is 1.04. The Morgan fingerprint density at radius 1 is 1.29 bits per heavy atom. The molecule has 4 rings (SSSR count). The summed E-state index contributed by atoms with van der Waals surface area (Å²) in [6, 6.07) is 9.25. The molecule has 1 aromatic carbocycles. The zero-order chi connectivity index (χ0) is 19.7. The van der Waals surface area contributed by atoms with E-state index in [2.05, 4.69) is 21.4 Å². The summed E-state index contributed by atoms with van der Waals surface area (Å²) in [6.07, 6.45) is 0. The van der Waals surface area contributed by atoms with Gasteiger partial charge in [-0.2, -0.15) is 5.10 Å². The molecule has 2 aromatic heterocycles. The molecule has 0 atom stereocenters. The summed E-state index contributed by atoms with van der Waals surface area (Å²) in [5.74, 6) is -0.276. The maximum absolute atomic E-state index is 12.0. The molecule has 1 aliphatic rings. The van der Waals surface area contributed by atoms with Gasteiger partial charge in [0.25, 0.3) is 5.91 Å². The number of aromatic nitrogens is 2. The van der Waals surface area contributed by atoms with E-state index in [0.29, 0.717) is 30.9 Å². The molecule has 0 unspecified atom stereocenters. The van der Waals surface area contributed by atoms with Crippen molar-refractivity contribution in [2.24, 2.45) is 0 Å². The molecule has 3 aromatic rings. The fourth-order valence-electron chi connectivity index (χ4n) is 3.55. The Morgan fingerprint density at radius 3 is 2.96 bits per heavy atom. The first-order valence-corrected chi connectivity index (χ1v) is 9.25. The van der Waals surface area contributed by atoms with Gasteiger partial charge in [-0.05, 0) is 30.2 Å². The van der Waals surface area contributed by atoms with Crippen molar-refractivity contribution in [3.8, 4) is 0 Å². The molecule has 0 aliphatic carbocycles. The number of aliphatic hydroxyl groups excluding tert-OH is 1. The van der Waals surface area contributed by atoms with Crippen LogP contribution in [0.2, 0.25) is 0 Å². The van der Waals surface area contributed by atoms with Gasteiger partial charge in [0.05, 0.1) is 18.8 Å². The predicted molar refractivity (Wildman–Crippen MR) is 103 cm³/mol. The highest BCUT2D eigenvalue weighted by molar-refractivity contribution is 5.92. The molecular weight excluding hydrogens is 360 g/mol. The number of carbonyl (C=O) groups is 1. The molecular formula is C20H22N4O4. The van der Waals surface area contributed by atoms with E-state index in [4.69, 9.17) is 9.52 Å². The Balaban J connectivity index is 1.49. The zero-order valence-electron chi connectivity index (χ0n) is 15.6. The normalized spacial score (nSPS) is 14.2. The molecule has 8 heteroatoms. The first-order valence-electron chi connectivity index (χ1n) is 9.25. The lowest BCUT2D eigenvalue weighted by Crippen LogP contribution is -2.33. The van der Waals surface area contributed by atoms with Crippen molar-refractivity contribution in [3.63, 3.8) is 0 Å². The smallest absolute Gasteiger partial charge is 0.336 e. The minimum absolute atomic E-state index is 0.0987.